The van der Waals surface area contributed by atoms with Crippen molar-refractivity contribution < 1.29 is 14.2 Å². The fourth-order valence-corrected chi connectivity index (χ4v) is 2.78. The fraction of sp³-hybridized carbons (Fsp3) is 0.455. The minimum Gasteiger partial charge on any atom is -0.490 e. The van der Waals surface area contributed by atoms with Crippen molar-refractivity contribution in [1.82, 2.24) is 15.6 Å². The number of nitrogens with one attached hydrogen (secondary N) is 2. The summed E-state index contributed by atoms with van der Waals surface area (Å²) in [4.78, 5) is 8.81. The van der Waals surface area contributed by atoms with Crippen molar-refractivity contribution >= 4 is 5.96 Å². The van der Waals surface area contributed by atoms with Crippen LogP contribution in [-0.4, -0.2) is 37.8 Å². The van der Waals surface area contributed by atoms with Gasteiger partial charge in [0.25, 0.3) is 0 Å². The van der Waals surface area contributed by atoms with E-state index in [1.165, 1.54) is 0 Å². The van der Waals surface area contributed by atoms with Gasteiger partial charge in [-0.25, -0.2) is 9.98 Å². The molecule has 0 fully saturated rings. The van der Waals surface area contributed by atoms with Crippen LogP contribution < -0.4 is 24.8 Å². The number of rotatable bonds is 10. The summed E-state index contributed by atoms with van der Waals surface area (Å²) in [7, 11) is 1.61. The van der Waals surface area contributed by atoms with E-state index in [9.17, 15) is 0 Å². The van der Waals surface area contributed by atoms with Gasteiger partial charge in [-0.1, -0.05) is 6.07 Å². The van der Waals surface area contributed by atoms with Crippen LogP contribution in [0.4, 0.5) is 0 Å². The monoisotopic (exact) mass is 400 g/mol. The van der Waals surface area contributed by atoms with Gasteiger partial charge in [0.05, 0.1) is 32.9 Å². The van der Waals surface area contributed by atoms with E-state index in [4.69, 9.17) is 14.2 Å². The van der Waals surface area contributed by atoms with Crippen LogP contribution in [0.5, 0.6) is 17.4 Å². The summed E-state index contributed by atoms with van der Waals surface area (Å²) in [5, 5.41) is 6.74. The quantitative estimate of drug-likeness (QED) is 0.468. The Morgan fingerprint density at radius 1 is 1.07 bits per heavy atom. The molecule has 0 aliphatic carbocycles. The van der Waals surface area contributed by atoms with Gasteiger partial charge < -0.3 is 24.8 Å². The molecule has 2 rings (SSSR count). The minimum atomic E-state index is 0.0367. The summed E-state index contributed by atoms with van der Waals surface area (Å²) in [5.41, 5.74) is 2.12. The van der Waals surface area contributed by atoms with Gasteiger partial charge in [0.1, 0.15) is 0 Å². The van der Waals surface area contributed by atoms with Crippen LogP contribution in [0.1, 0.15) is 44.9 Å². The fourth-order valence-electron chi connectivity index (χ4n) is 2.78. The second kappa shape index (κ2) is 11.8. The molecule has 158 valence electrons. The molecule has 0 bridgehead atoms. The molecule has 1 heterocycles. The molecule has 0 amide bonds. The SMILES string of the molecule is CCNC(=NCc1ccnc(OC)c1)NC(C)c1ccc(OCC)c(OCC)c1. The van der Waals surface area contributed by atoms with Gasteiger partial charge in [0.15, 0.2) is 17.5 Å². The molecule has 7 heteroatoms. The standard InChI is InChI=1S/C22H32N4O3/c1-6-23-22(25-15-17-11-12-24-21(13-17)27-5)26-16(4)18-9-10-19(28-7-2)20(14-18)29-8-3/h9-14,16H,6-8,15H2,1-5H3,(H2,23,25,26). The molecule has 1 unspecified atom stereocenters. The van der Waals surface area contributed by atoms with Gasteiger partial charge in [0.2, 0.25) is 5.88 Å². The normalized spacial score (nSPS) is 12.2. The molecule has 0 aliphatic heterocycles. The second-order valence-corrected chi connectivity index (χ2v) is 6.34. The Hall–Kier alpha value is -2.96. The number of benzene rings is 1. The number of aliphatic imine (C=N–C) groups is 1. The van der Waals surface area contributed by atoms with Crippen LogP contribution in [0.3, 0.4) is 0 Å². The highest BCUT2D eigenvalue weighted by molar-refractivity contribution is 5.80. The molecule has 1 aromatic heterocycles. The third-order valence-electron chi connectivity index (χ3n) is 4.19. The van der Waals surface area contributed by atoms with E-state index in [0.29, 0.717) is 25.6 Å². The lowest BCUT2D eigenvalue weighted by Crippen LogP contribution is -2.38. The van der Waals surface area contributed by atoms with Gasteiger partial charge in [-0.2, -0.15) is 0 Å². The van der Waals surface area contributed by atoms with E-state index in [1.54, 1.807) is 13.3 Å². The number of methoxy groups -OCH3 is 1. The van der Waals surface area contributed by atoms with Crippen LogP contribution in [-0.2, 0) is 6.54 Å². The molecular formula is C22H32N4O3. The molecule has 1 atom stereocenters. The van der Waals surface area contributed by atoms with Gasteiger partial charge in [-0.05, 0) is 57.0 Å². The molecule has 0 radical (unpaired) electrons. The molecule has 1 aromatic carbocycles. The highest BCUT2D eigenvalue weighted by Crippen LogP contribution is 2.30. The van der Waals surface area contributed by atoms with Gasteiger partial charge in [-0.15, -0.1) is 0 Å². The summed E-state index contributed by atoms with van der Waals surface area (Å²) < 4.78 is 16.6. The van der Waals surface area contributed by atoms with Gasteiger partial charge in [-0.3, -0.25) is 0 Å². The molecular weight excluding hydrogens is 368 g/mol. The number of nitrogens with zero attached hydrogens (tertiary/aromatic N) is 2. The van der Waals surface area contributed by atoms with E-state index in [0.717, 1.165) is 35.1 Å². The molecule has 7 nitrogen and oxygen atoms in total. The maximum Gasteiger partial charge on any atom is 0.213 e. The largest absolute Gasteiger partial charge is 0.490 e. The molecule has 0 saturated carbocycles. The molecule has 2 aromatic rings. The third-order valence-corrected chi connectivity index (χ3v) is 4.19. The Morgan fingerprint density at radius 3 is 2.52 bits per heavy atom. The lowest BCUT2D eigenvalue weighted by atomic mass is 10.1. The third kappa shape index (κ3) is 6.85. The van der Waals surface area contributed by atoms with E-state index < -0.39 is 0 Å². The van der Waals surface area contributed by atoms with Crippen molar-refractivity contribution in [3.05, 3.63) is 47.7 Å². The Kier molecular flexibility index (Phi) is 9.08. The van der Waals surface area contributed by atoms with Gasteiger partial charge >= 0.3 is 0 Å². The van der Waals surface area contributed by atoms with Gasteiger partial charge in [0, 0.05) is 18.8 Å². The first-order valence-electron chi connectivity index (χ1n) is 10.0. The first kappa shape index (κ1) is 22.3. The van der Waals surface area contributed by atoms with Crippen molar-refractivity contribution in [1.29, 1.82) is 0 Å². The summed E-state index contributed by atoms with van der Waals surface area (Å²) in [6, 6.07) is 9.87. The first-order chi connectivity index (χ1) is 14.1. The summed E-state index contributed by atoms with van der Waals surface area (Å²) in [5.74, 6) is 2.84. The van der Waals surface area contributed by atoms with Crippen LogP contribution in [0, 0.1) is 0 Å². The van der Waals surface area contributed by atoms with Crippen LogP contribution >= 0.6 is 0 Å². The number of hydrogen-bond donors (Lipinski definition) is 2. The second-order valence-electron chi connectivity index (χ2n) is 6.34. The molecule has 0 spiro atoms. The molecule has 0 saturated heterocycles. The van der Waals surface area contributed by atoms with E-state index in [1.807, 2.05) is 51.1 Å². The number of guanidine groups is 1. The molecule has 0 aliphatic rings. The maximum absolute atomic E-state index is 5.74. The number of ether oxygens (including phenoxy) is 3. The predicted octanol–water partition coefficient (Wildman–Crippen LogP) is 3.70. The van der Waals surface area contributed by atoms with Crippen LogP contribution in [0.25, 0.3) is 0 Å². The summed E-state index contributed by atoms with van der Waals surface area (Å²) in [6.07, 6.45) is 1.72. The first-order valence-corrected chi connectivity index (χ1v) is 10.0. The molecule has 29 heavy (non-hydrogen) atoms. The maximum atomic E-state index is 5.74. The van der Waals surface area contributed by atoms with Crippen LogP contribution in [0.15, 0.2) is 41.5 Å². The van der Waals surface area contributed by atoms with Crippen LogP contribution in [0.2, 0.25) is 0 Å². The van der Waals surface area contributed by atoms with Crippen molar-refractivity contribution in [2.24, 2.45) is 4.99 Å². The average Bonchev–Trinajstić information content (AvgIpc) is 2.74. The Balaban J connectivity index is 2.13. The topological polar surface area (TPSA) is 77.0 Å². The predicted molar refractivity (Wildman–Crippen MR) is 116 cm³/mol. The van der Waals surface area contributed by atoms with Crippen molar-refractivity contribution in [3.63, 3.8) is 0 Å². The summed E-state index contributed by atoms with van der Waals surface area (Å²) >= 11 is 0. The Morgan fingerprint density at radius 2 is 1.83 bits per heavy atom. The van der Waals surface area contributed by atoms with Crippen molar-refractivity contribution in [2.75, 3.05) is 26.9 Å². The highest BCUT2D eigenvalue weighted by Gasteiger charge is 2.12. The average molecular weight is 401 g/mol. The van der Waals surface area contributed by atoms with E-state index >= 15 is 0 Å². The number of pyridine rings is 1. The highest BCUT2D eigenvalue weighted by atomic mass is 16.5. The number of aromatic nitrogens is 1. The number of hydrogen-bond acceptors (Lipinski definition) is 5. The smallest absolute Gasteiger partial charge is 0.213 e. The lowest BCUT2D eigenvalue weighted by molar-refractivity contribution is 0.287. The minimum absolute atomic E-state index is 0.0367. The zero-order chi connectivity index (χ0) is 21.1. The molecule has 2 N–H and O–H groups in total. The Labute approximate surface area is 173 Å². The van der Waals surface area contributed by atoms with E-state index in [2.05, 4.69) is 27.5 Å². The van der Waals surface area contributed by atoms with E-state index in [-0.39, 0.29) is 6.04 Å². The Bertz CT molecular complexity index is 795. The lowest BCUT2D eigenvalue weighted by Gasteiger charge is -2.20. The zero-order valence-electron chi connectivity index (χ0n) is 18.0. The van der Waals surface area contributed by atoms with Crippen molar-refractivity contribution in [3.8, 4) is 17.4 Å². The summed E-state index contributed by atoms with van der Waals surface area (Å²) in [6.45, 7) is 10.5. The van der Waals surface area contributed by atoms with Crippen molar-refractivity contribution in [2.45, 2.75) is 40.3 Å². The zero-order valence-corrected chi connectivity index (χ0v) is 18.0.